The molecular formula is C21H23F2NS. The lowest BCUT2D eigenvalue weighted by molar-refractivity contribution is 0.469. The molecule has 1 atom stereocenters. The number of halogens is 2. The van der Waals surface area contributed by atoms with Gasteiger partial charge in [0.15, 0.2) is 0 Å². The fraction of sp³-hybridized carbons (Fsp3) is 0.381. The molecule has 2 rings (SSSR count). The van der Waals surface area contributed by atoms with Gasteiger partial charge in [-0.2, -0.15) is 4.99 Å². The summed E-state index contributed by atoms with van der Waals surface area (Å²) in [4.78, 5) is 3.63. The van der Waals surface area contributed by atoms with Crippen molar-refractivity contribution in [3.05, 3.63) is 53.6 Å². The number of benzene rings is 2. The Morgan fingerprint density at radius 2 is 1.88 bits per heavy atom. The number of hydrogen-bond acceptors (Lipinski definition) is 2. The van der Waals surface area contributed by atoms with E-state index >= 15 is 0 Å². The second-order valence-electron chi connectivity index (χ2n) is 6.47. The lowest BCUT2D eigenvalue weighted by Gasteiger charge is -2.10. The van der Waals surface area contributed by atoms with Crippen LogP contribution in [0.15, 0.2) is 41.4 Å². The summed E-state index contributed by atoms with van der Waals surface area (Å²) in [6.07, 6.45) is 5.52. The van der Waals surface area contributed by atoms with Crippen LogP contribution < -0.4 is 0 Å². The smallest absolute Gasteiger partial charge is 0.150 e. The maximum Gasteiger partial charge on any atom is 0.150 e. The maximum absolute atomic E-state index is 14.4. The van der Waals surface area contributed by atoms with Crippen molar-refractivity contribution in [3.63, 3.8) is 0 Å². The van der Waals surface area contributed by atoms with Crippen molar-refractivity contribution in [1.29, 1.82) is 0 Å². The molecule has 0 saturated carbocycles. The predicted molar refractivity (Wildman–Crippen MR) is 103 cm³/mol. The van der Waals surface area contributed by atoms with Gasteiger partial charge < -0.3 is 0 Å². The monoisotopic (exact) mass is 359 g/mol. The standard InChI is InChI=1S/C21H23F2NS/c1-3-5-15(2)6-4-7-16-8-10-18(19(22)12-16)17-9-11-21(24-14-25)20(23)13-17/h8-13,15H,3-7H2,1-2H3. The number of aliphatic imine (C=N–C) groups is 1. The Labute approximate surface area is 153 Å². The highest BCUT2D eigenvalue weighted by atomic mass is 32.1. The van der Waals surface area contributed by atoms with Crippen LogP contribution in [-0.4, -0.2) is 5.16 Å². The largest absolute Gasteiger partial charge is 0.206 e. The molecule has 0 aromatic heterocycles. The van der Waals surface area contributed by atoms with E-state index in [-0.39, 0.29) is 11.5 Å². The van der Waals surface area contributed by atoms with Gasteiger partial charge in [0.25, 0.3) is 0 Å². The van der Waals surface area contributed by atoms with E-state index in [0.29, 0.717) is 17.0 Å². The molecule has 4 heteroatoms. The van der Waals surface area contributed by atoms with Gasteiger partial charge in [-0.1, -0.05) is 51.3 Å². The van der Waals surface area contributed by atoms with Crippen LogP contribution in [0.5, 0.6) is 0 Å². The van der Waals surface area contributed by atoms with Crippen LogP contribution in [0.25, 0.3) is 11.1 Å². The summed E-state index contributed by atoms with van der Waals surface area (Å²) < 4.78 is 28.4. The first-order valence-corrected chi connectivity index (χ1v) is 9.12. The summed E-state index contributed by atoms with van der Waals surface area (Å²) in [7, 11) is 0. The molecule has 0 aliphatic carbocycles. The summed E-state index contributed by atoms with van der Waals surface area (Å²) in [5.41, 5.74) is 1.96. The third kappa shape index (κ3) is 5.55. The number of thiocarbonyl (C=S) groups is 1. The Morgan fingerprint density at radius 1 is 1.08 bits per heavy atom. The van der Waals surface area contributed by atoms with Gasteiger partial charge in [0.2, 0.25) is 0 Å². The topological polar surface area (TPSA) is 12.4 Å². The van der Waals surface area contributed by atoms with E-state index < -0.39 is 5.82 Å². The Kier molecular flexibility index (Phi) is 7.42. The van der Waals surface area contributed by atoms with Gasteiger partial charge in [-0.3, -0.25) is 0 Å². The lowest BCUT2D eigenvalue weighted by Crippen LogP contribution is -1.96. The van der Waals surface area contributed by atoms with Crippen LogP contribution in [-0.2, 0) is 6.42 Å². The SMILES string of the molecule is CCCC(C)CCCc1ccc(-c2ccc(N=C=S)c(F)c2)c(F)c1. The lowest BCUT2D eigenvalue weighted by atomic mass is 9.96. The van der Waals surface area contributed by atoms with Crippen LogP contribution in [0.2, 0.25) is 0 Å². The summed E-state index contributed by atoms with van der Waals surface area (Å²) >= 11 is 4.48. The number of nitrogens with zero attached hydrogens (tertiary/aromatic N) is 1. The number of rotatable bonds is 8. The van der Waals surface area contributed by atoms with E-state index in [0.717, 1.165) is 24.8 Å². The van der Waals surface area contributed by atoms with Crippen molar-refractivity contribution < 1.29 is 8.78 Å². The molecular weight excluding hydrogens is 336 g/mol. The Morgan fingerprint density at radius 3 is 2.52 bits per heavy atom. The molecule has 2 aromatic carbocycles. The molecule has 0 saturated heterocycles. The van der Waals surface area contributed by atoms with Gasteiger partial charge >= 0.3 is 0 Å². The summed E-state index contributed by atoms with van der Waals surface area (Å²) in [5, 5.41) is 2.13. The molecule has 0 heterocycles. The zero-order valence-corrected chi connectivity index (χ0v) is 15.5. The molecule has 0 spiro atoms. The molecule has 0 radical (unpaired) electrons. The van der Waals surface area contributed by atoms with Gasteiger partial charge in [0.1, 0.15) is 17.3 Å². The zero-order chi connectivity index (χ0) is 18.2. The van der Waals surface area contributed by atoms with Gasteiger partial charge in [0, 0.05) is 5.56 Å². The first-order valence-electron chi connectivity index (χ1n) is 8.71. The Bertz CT molecular complexity index is 766. The highest BCUT2D eigenvalue weighted by Crippen LogP contribution is 2.28. The van der Waals surface area contributed by atoms with Crippen molar-refractivity contribution in [3.8, 4) is 11.1 Å². The van der Waals surface area contributed by atoms with Gasteiger partial charge in [0.05, 0.1) is 5.16 Å². The van der Waals surface area contributed by atoms with Crippen LogP contribution in [0.4, 0.5) is 14.5 Å². The highest BCUT2D eigenvalue weighted by molar-refractivity contribution is 7.78. The van der Waals surface area contributed by atoms with Crippen LogP contribution in [0.1, 0.15) is 45.1 Å². The molecule has 0 N–H and O–H groups in total. The number of hydrogen-bond donors (Lipinski definition) is 0. The molecule has 0 aliphatic heterocycles. The van der Waals surface area contributed by atoms with Crippen molar-refractivity contribution in [1.82, 2.24) is 0 Å². The quantitative estimate of drug-likeness (QED) is 0.361. The fourth-order valence-corrected chi connectivity index (χ4v) is 3.15. The van der Waals surface area contributed by atoms with Gasteiger partial charge in [-0.15, -0.1) is 0 Å². The molecule has 25 heavy (non-hydrogen) atoms. The molecule has 0 bridgehead atoms. The van der Waals surface area contributed by atoms with E-state index in [1.165, 1.54) is 25.0 Å². The zero-order valence-electron chi connectivity index (χ0n) is 14.7. The molecule has 1 unspecified atom stereocenters. The van der Waals surface area contributed by atoms with E-state index in [4.69, 9.17) is 0 Å². The van der Waals surface area contributed by atoms with Crippen molar-refractivity contribution in [2.24, 2.45) is 10.9 Å². The first kappa shape index (κ1) is 19.4. The van der Waals surface area contributed by atoms with Gasteiger partial charge in [-0.05, 0) is 60.3 Å². The average Bonchev–Trinajstić information content (AvgIpc) is 2.57. The predicted octanol–water partition coefficient (Wildman–Crippen LogP) is 7.13. The third-order valence-corrected chi connectivity index (χ3v) is 4.49. The van der Waals surface area contributed by atoms with Crippen molar-refractivity contribution >= 4 is 23.1 Å². The molecule has 0 amide bonds. The minimum Gasteiger partial charge on any atom is -0.206 e. The van der Waals surface area contributed by atoms with Gasteiger partial charge in [-0.25, -0.2) is 8.78 Å². The minimum atomic E-state index is -0.539. The van der Waals surface area contributed by atoms with E-state index in [1.807, 2.05) is 6.07 Å². The second-order valence-corrected chi connectivity index (χ2v) is 6.65. The molecule has 132 valence electrons. The Hall–Kier alpha value is -1.90. The van der Waals surface area contributed by atoms with E-state index in [9.17, 15) is 8.78 Å². The molecule has 2 aromatic rings. The van der Waals surface area contributed by atoms with E-state index in [1.54, 1.807) is 18.2 Å². The summed E-state index contributed by atoms with van der Waals surface area (Å²) in [6.45, 7) is 4.46. The average molecular weight is 359 g/mol. The minimum absolute atomic E-state index is 0.108. The third-order valence-electron chi connectivity index (χ3n) is 4.40. The van der Waals surface area contributed by atoms with Crippen LogP contribution >= 0.6 is 12.2 Å². The molecule has 0 aliphatic rings. The number of isothiocyanates is 1. The normalized spacial score (nSPS) is 11.8. The Balaban J connectivity index is 2.09. The fourth-order valence-electron chi connectivity index (χ4n) is 3.05. The summed E-state index contributed by atoms with van der Waals surface area (Å²) in [5.74, 6) is -0.154. The highest BCUT2D eigenvalue weighted by Gasteiger charge is 2.10. The summed E-state index contributed by atoms with van der Waals surface area (Å²) in [6, 6.07) is 9.59. The molecule has 1 nitrogen and oxygen atoms in total. The second kappa shape index (κ2) is 9.55. The van der Waals surface area contributed by atoms with Crippen molar-refractivity contribution in [2.75, 3.05) is 0 Å². The molecule has 0 fully saturated rings. The maximum atomic E-state index is 14.4. The van der Waals surface area contributed by atoms with Crippen LogP contribution in [0.3, 0.4) is 0 Å². The van der Waals surface area contributed by atoms with Crippen molar-refractivity contribution in [2.45, 2.75) is 46.0 Å². The number of aryl methyl sites for hydroxylation is 1. The van der Waals surface area contributed by atoms with E-state index in [2.05, 4.69) is 36.2 Å². The first-order chi connectivity index (χ1) is 12.0. The van der Waals surface area contributed by atoms with Crippen LogP contribution in [0, 0.1) is 17.6 Å².